The summed E-state index contributed by atoms with van der Waals surface area (Å²) in [5, 5.41) is 10.8. The summed E-state index contributed by atoms with van der Waals surface area (Å²) in [5.41, 5.74) is 0. The second kappa shape index (κ2) is 5.58. The van der Waals surface area contributed by atoms with Gasteiger partial charge in [-0.3, -0.25) is 5.10 Å². The minimum absolute atomic E-state index is 0.711. The summed E-state index contributed by atoms with van der Waals surface area (Å²) < 4.78 is 6.23. The van der Waals surface area contributed by atoms with Crippen molar-refractivity contribution >= 4 is 28.7 Å². The lowest BCUT2D eigenvalue weighted by Crippen LogP contribution is -2.06. The van der Waals surface area contributed by atoms with E-state index in [0.29, 0.717) is 3.95 Å². The molecule has 0 radical (unpaired) electrons. The van der Waals surface area contributed by atoms with Crippen LogP contribution >= 0.6 is 23.6 Å². The van der Waals surface area contributed by atoms with Crippen LogP contribution in [0.5, 0.6) is 0 Å². The quantitative estimate of drug-likeness (QED) is 0.572. The molecule has 1 aromatic heterocycles. The molecule has 0 unspecified atom stereocenters. The van der Waals surface area contributed by atoms with Gasteiger partial charge in [0, 0.05) is 19.8 Å². The summed E-state index contributed by atoms with van der Waals surface area (Å²) in [6, 6.07) is 0. The maximum Gasteiger partial charge on any atom is 0.204 e. The second-order valence-electron chi connectivity index (χ2n) is 3.72. The first-order valence-corrected chi connectivity index (χ1v) is 6.44. The smallest absolute Gasteiger partial charge is 0.204 e. The number of H-pyrrole nitrogens is 1. The van der Waals surface area contributed by atoms with E-state index in [0.717, 1.165) is 37.2 Å². The van der Waals surface area contributed by atoms with E-state index in [1.54, 1.807) is 0 Å². The number of nitrogens with zero attached hydrogens (tertiary/aromatic N) is 1. The van der Waals surface area contributed by atoms with Gasteiger partial charge in [0.25, 0.3) is 0 Å². The molecular weight excluding hydrogens is 230 g/mol. The van der Waals surface area contributed by atoms with Crippen molar-refractivity contribution in [2.24, 2.45) is 5.92 Å². The number of anilines is 1. The largest absolute Gasteiger partial charge is 0.381 e. The highest BCUT2D eigenvalue weighted by Crippen LogP contribution is 2.28. The highest BCUT2D eigenvalue weighted by atomic mass is 32.1. The molecule has 4 nitrogen and oxygen atoms in total. The number of hydrogen-bond donors (Lipinski definition) is 2. The molecule has 0 saturated heterocycles. The number of aromatic nitrogens is 2. The Kier molecular flexibility index (Phi) is 4.10. The third-order valence-electron chi connectivity index (χ3n) is 2.23. The van der Waals surface area contributed by atoms with Gasteiger partial charge >= 0.3 is 0 Å². The molecule has 1 aliphatic carbocycles. The average Bonchev–Trinajstić information content (AvgIpc) is 2.95. The van der Waals surface area contributed by atoms with Crippen LogP contribution in [0.4, 0.5) is 5.13 Å². The Balaban J connectivity index is 1.49. The maximum absolute atomic E-state index is 5.52. The topological polar surface area (TPSA) is 49.9 Å². The van der Waals surface area contributed by atoms with Gasteiger partial charge in [-0.1, -0.05) is 11.3 Å². The SMILES string of the molecule is S=c1[nH]nc(NCCCOCC2CC2)s1. The fourth-order valence-electron chi connectivity index (χ4n) is 1.21. The van der Waals surface area contributed by atoms with E-state index in [4.69, 9.17) is 17.0 Å². The average molecular weight is 245 g/mol. The fourth-order valence-corrected chi connectivity index (χ4v) is 2.02. The van der Waals surface area contributed by atoms with Crippen LogP contribution in [0.3, 0.4) is 0 Å². The number of hydrogen-bond acceptors (Lipinski definition) is 5. The van der Waals surface area contributed by atoms with Crippen molar-refractivity contribution in [3.63, 3.8) is 0 Å². The van der Waals surface area contributed by atoms with Gasteiger partial charge in [0.2, 0.25) is 5.13 Å². The molecule has 2 N–H and O–H groups in total. The molecule has 84 valence electrons. The van der Waals surface area contributed by atoms with Crippen molar-refractivity contribution < 1.29 is 4.74 Å². The molecule has 0 atom stereocenters. The van der Waals surface area contributed by atoms with Gasteiger partial charge in [0.15, 0.2) is 3.95 Å². The Morgan fingerprint density at radius 3 is 3.13 bits per heavy atom. The van der Waals surface area contributed by atoms with Crippen molar-refractivity contribution in [3.05, 3.63) is 3.95 Å². The highest BCUT2D eigenvalue weighted by molar-refractivity contribution is 7.73. The zero-order chi connectivity index (χ0) is 10.5. The van der Waals surface area contributed by atoms with Gasteiger partial charge < -0.3 is 10.1 Å². The maximum atomic E-state index is 5.52. The third-order valence-corrected chi connectivity index (χ3v) is 3.28. The lowest BCUT2D eigenvalue weighted by molar-refractivity contribution is 0.124. The Morgan fingerprint density at radius 2 is 2.47 bits per heavy atom. The Labute approximate surface area is 98.1 Å². The third kappa shape index (κ3) is 4.27. The summed E-state index contributed by atoms with van der Waals surface area (Å²) in [7, 11) is 0. The van der Waals surface area contributed by atoms with Crippen LogP contribution in [-0.2, 0) is 4.74 Å². The van der Waals surface area contributed by atoms with Crippen LogP contribution in [0, 0.1) is 9.87 Å². The fraction of sp³-hybridized carbons (Fsp3) is 0.778. The van der Waals surface area contributed by atoms with E-state index in [1.807, 2.05) is 0 Å². The van der Waals surface area contributed by atoms with E-state index in [9.17, 15) is 0 Å². The Morgan fingerprint density at radius 1 is 1.60 bits per heavy atom. The van der Waals surface area contributed by atoms with E-state index >= 15 is 0 Å². The summed E-state index contributed by atoms with van der Waals surface area (Å²) in [5.74, 6) is 0.856. The number of rotatable bonds is 7. The van der Waals surface area contributed by atoms with Crippen molar-refractivity contribution in [1.82, 2.24) is 10.2 Å². The van der Waals surface area contributed by atoms with Crippen LogP contribution < -0.4 is 5.32 Å². The number of ether oxygens (including phenoxy) is 1. The molecule has 1 aliphatic rings. The summed E-state index contributed by atoms with van der Waals surface area (Å²) in [4.78, 5) is 0. The number of nitrogens with one attached hydrogen (secondary N) is 2. The molecule has 0 bridgehead atoms. The van der Waals surface area contributed by atoms with E-state index < -0.39 is 0 Å². The molecule has 0 aliphatic heterocycles. The Hall–Kier alpha value is -0.460. The molecule has 6 heteroatoms. The predicted molar refractivity (Wildman–Crippen MR) is 63.9 cm³/mol. The second-order valence-corrected chi connectivity index (χ2v) is 5.38. The minimum Gasteiger partial charge on any atom is -0.381 e. The highest BCUT2D eigenvalue weighted by Gasteiger charge is 2.20. The zero-order valence-corrected chi connectivity index (χ0v) is 10.1. The Bertz CT molecular complexity index is 345. The van der Waals surface area contributed by atoms with Gasteiger partial charge in [-0.25, -0.2) is 0 Å². The summed E-state index contributed by atoms with van der Waals surface area (Å²) in [6.45, 7) is 2.67. The first-order chi connectivity index (χ1) is 7.34. The molecule has 1 saturated carbocycles. The molecule has 1 aromatic rings. The predicted octanol–water partition coefficient (Wildman–Crippen LogP) is 2.43. The molecule has 2 rings (SSSR count). The van der Waals surface area contributed by atoms with Gasteiger partial charge in [-0.15, -0.1) is 5.10 Å². The minimum atomic E-state index is 0.711. The van der Waals surface area contributed by atoms with Gasteiger partial charge in [0.1, 0.15) is 0 Å². The molecule has 1 heterocycles. The lowest BCUT2D eigenvalue weighted by atomic mass is 10.4. The van der Waals surface area contributed by atoms with E-state index in [1.165, 1.54) is 24.2 Å². The van der Waals surface area contributed by atoms with Crippen molar-refractivity contribution in [2.45, 2.75) is 19.3 Å². The standard InChI is InChI=1S/C9H15N3OS2/c14-9-12-11-8(15-9)10-4-1-5-13-6-7-2-3-7/h7H,1-6H2,(H,10,11)(H,12,14). The monoisotopic (exact) mass is 245 g/mol. The van der Waals surface area contributed by atoms with Gasteiger partial charge in [-0.2, -0.15) is 0 Å². The van der Waals surface area contributed by atoms with Crippen LogP contribution in [0.2, 0.25) is 0 Å². The van der Waals surface area contributed by atoms with E-state index in [2.05, 4.69) is 15.5 Å². The lowest BCUT2D eigenvalue weighted by Gasteiger charge is -2.03. The number of aromatic amines is 1. The normalized spacial score (nSPS) is 15.5. The zero-order valence-electron chi connectivity index (χ0n) is 8.49. The molecule has 15 heavy (non-hydrogen) atoms. The molecular formula is C9H15N3OS2. The van der Waals surface area contributed by atoms with Crippen LogP contribution in [0.15, 0.2) is 0 Å². The molecule has 0 aromatic carbocycles. The van der Waals surface area contributed by atoms with E-state index in [-0.39, 0.29) is 0 Å². The first kappa shape index (κ1) is 11.0. The van der Waals surface area contributed by atoms with Crippen molar-refractivity contribution in [2.75, 3.05) is 25.1 Å². The van der Waals surface area contributed by atoms with Crippen LogP contribution in [0.25, 0.3) is 0 Å². The van der Waals surface area contributed by atoms with Crippen LogP contribution in [0.1, 0.15) is 19.3 Å². The van der Waals surface area contributed by atoms with Crippen molar-refractivity contribution in [1.29, 1.82) is 0 Å². The van der Waals surface area contributed by atoms with Crippen LogP contribution in [-0.4, -0.2) is 30.0 Å². The molecule has 0 amide bonds. The summed E-state index contributed by atoms with van der Waals surface area (Å²) >= 11 is 6.39. The molecule has 0 spiro atoms. The van der Waals surface area contributed by atoms with Gasteiger partial charge in [0.05, 0.1) is 0 Å². The van der Waals surface area contributed by atoms with Gasteiger partial charge in [-0.05, 0) is 37.4 Å². The summed E-state index contributed by atoms with van der Waals surface area (Å²) in [6.07, 6.45) is 3.72. The van der Waals surface area contributed by atoms with Crippen molar-refractivity contribution in [3.8, 4) is 0 Å². The molecule has 1 fully saturated rings. The first-order valence-electron chi connectivity index (χ1n) is 5.22.